The van der Waals surface area contributed by atoms with Gasteiger partial charge in [-0.1, -0.05) is 12.1 Å². The molecule has 0 radical (unpaired) electrons. The van der Waals surface area contributed by atoms with Crippen molar-refractivity contribution < 1.29 is 14.3 Å². The van der Waals surface area contributed by atoms with E-state index in [2.05, 4.69) is 10.4 Å². The van der Waals surface area contributed by atoms with Crippen LogP contribution in [0.4, 0.5) is 5.69 Å². The Kier molecular flexibility index (Phi) is 4.47. The van der Waals surface area contributed by atoms with Gasteiger partial charge < -0.3 is 14.8 Å². The van der Waals surface area contributed by atoms with Crippen LogP contribution in [0.3, 0.4) is 0 Å². The molecule has 0 aliphatic rings. The van der Waals surface area contributed by atoms with Crippen molar-refractivity contribution in [3.05, 3.63) is 35.7 Å². The largest absolute Gasteiger partial charge is 0.493 e. The molecule has 0 aliphatic carbocycles. The number of methoxy groups -OCH3 is 1. The zero-order chi connectivity index (χ0) is 15.4. The number of para-hydroxylation sites is 2. The summed E-state index contributed by atoms with van der Waals surface area (Å²) in [5, 5.41) is 7.07. The van der Waals surface area contributed by atoms with Crippen molar-refractivity contribution in [1.29, 1.82) is 0 Å². The Morgan fingerprint density at radius 3 is 2.52 bits per heavy atom. The number of amides is 1. The summed E-state index contributed by atoms with van der Waals surface area (Å²) in [5.74, 6) is 0.897. The second kappa shape index (κ2) is 6.30. The molecular weight excluding hydrogens is 270 g/mol. The van der Waals surface area contributed by atoms with E-state index in [1.165, 1.54) is 0 Å². The van der Waals surface area contributed by atoms with Gasteiger partial charge in [-0.25, -0.2) is 0 Å². The van der Waals surface area contributed by atoms with Gasteiger partial charge in [-0.15, -0.1) is 0 Å². The fraction of sp³-hybridized carbons (Fsp3) is 0.333. The maximum Gasteiger partial charge on any atom is 0.262 e. The van der Waals surface area contributed by atoms with Crippen LogP contribution in [0.15, 0.2) is 24.3 Å². The molecule has 1 aromatic carbocycles. The molecule has 6 heteroatoms. The highest BCUT2D eigenvalue weighted by Gasteiger charge is 2.13. The quantitative estimate of drug-likeness (QED) is 0.915. The minimum Gasteiger partial charge on any atom is -0.493 e. The molecule has 1 heterocycles. The monoisotopic (exact) mass is 289 g/mol. The number of ether oxygens (including phenoxy) is 2. The summed E-state index contributed by atoms with van der Waals surface area (Å²) in [4.78, 5) is 12.0. The van der Waals surface area contributed by atoms with Crippen molar-refractivity contribution in [3.8, 4) is 11.5 Å². The molecule has 2 aromatic rings. The van der Waals surface area contributed by atoms with Gasteiger partial charge in [0.2, 0.25) is 0 Å². The van der Waals surface area contributed by atoms with Crippen LogP contribution in [0.25, 0.3) is 0 Å². The fourth-order valence-corrected chi connectivity index (χ4v) is 2.01. The number of carbonyl (C=O) groups excluding carboxylic acids is 1. The summed E-state index contributed by atoms with van der Waals surface area (Å²) in [7, 11) is 3.40. The molecule has 1 N–H and O–H groups in total. The van der Waals surface area contributed by atoms with E-state index < -0.39 is 0 Å². The number of nitrogens with zero attached hydrogens (tertiary/aromatic N) is 2. The molecule has 0 atom stereocenters. The van der Waals surface area contributed by atoms with Crippen LogP contribution in [0.1, 0.15) is 11.4 Å². The predicted molar refractivity (Wildman–Crippen MR) is 79.8 cm³/mol. The maximum absolute atomic E-state index is 12.0. The highest BCUT2D eigenvalue weighted by Crippen LogP contribution is 2.25. The van der Waals surface area contributed by atoms with E-state index in [1.54, 1.807) is 23.9 Å². The minimum atomic E-state index is -0.236. The number of hydrogen-bond acceptors (Lipinski definition) is 4. The molecule has 0 saturated heterocycles. The number of anilines is 1. The van der Waals surface area contributed by atoms with Gasteiger partial charge in [0.1, 0.15) is 0 Å². The van der Waals surface area contributed by atoms with Crippen LogP contribution >= 0.6 is 0 Å². The van der Waals surface area contributed by atoms with Crippen LogP contribution < -0.4 is 14.8 Å². The molecular formula is C15H19N3O3. The van der Waals surface area contributed by atoms with Crippen LogP contribution in [-0.4, -0.2) is 29.4 Å². The molecule has 6 nitrogen and oxygen atoms in total. The van der Waals surface area contributed by atoms with Gasteiger partial charge in [-0.05, 0) is 26.0 Å². The lowest BCUT2D eigenvalue weighted by atomic mass is 10.3. The van der Waals surface area contributed by atoms with Crippen molar-refractivity contribution in [2.45, 2.75) is 13.8 Å². The Morgan fingerprint density at radius 2 is 1.95 bits per heavy atom. The number of aryl methyl sites for hydroxylation is 2. The number of hydrogen-bond donors (Lipinski definition) is 1. The molecule has 1 aromatic heterocycles. The summed E-state index contributed by atoms with van der Waals surface area (Å²) in [5.41, 5.74) is 2.41. The first-order chi connectivity index (χ1) is 10.0. The zero-order valence-corrected chi connectivity index (χ0v) is 12.6. The molecule has 112 valence electrons. The number of rotatable bonds is 5. The van der Waals surface area contributed by atoms with Crippen LogP contribution in [0, 0.1) is 13.8 Å². The van der Waals surface area contributed by atoms with Gasteiger partial charge in [0.05, 0.1) is 24.2 Å². The van der Waals surface area contributed by atoms with Crippen molar-refractivity contribution >= 4 is 11.6 Å². The Morgan fingerprint density at radius 1 is 1.29 bits per heavy atom. The summed E-state index contributed by atoms with van der Waals surface area (Å²) in [6, 6.07) is 7.20. The van der Waals surface area contributed by atoms with Crippen LogP contribution in [0.5, 0.6) is 11.5 Å². The normalized spacial score (nSPS) is 10.3. The van der Waals surface area contributed by atoms with Crippen molar-refractivity contribution in [2.75, 3.05) is 19.0 Å². The van der Waals surface area contributed by atoms with E-state index in [0.717, 1.165) is 17.1 Å². The second-order valence-electron chi connectivity index (χ2n) is 4.66. The smallest absolute Gasteiger partial charge is 0.262 e. The SMILES string of the molecule is COc1ccccc1OCC(=O)Nc1c(C)nn(C)c1C. The summed E-state index contributed by atoms with van der Waals surface area (Å²) >= 11 is 0. The first-order valence-electron chi connectivity index (χ1n) is 6.58. The lowest BCUT2D eigenvalue weighted by molar-refractivity contribution is -0.118. The molecule has 0 spiro atoms. The number of carbonyl (C=O) groups is 1. The molecule has 21 heavy (non-hydrogen) atoms. The summed E-state index contributed by atoms with van der Waals surface area (Å²) in [6.07, 6.45) is 0. The third kappa shape index (κ3) is 3.34. The van der Waals surface area contributed by atoms with Gasteiger partial charge >= 0.3 is 0 Å². The molecule has 0 fully saturated rings. The highest BCUT2D eigenvalue weighted by molar-refractivity contribution is 5.93. The lowest BCUT2D eigenvalue weighted by Gasteiger charge is -2.10. The van der Waals surface area contributed by atoms with Gasteiger partial charge in [0, 0.05) is 7.05 Å². The fourth-order valence-electron chi connectivity index (χ4n) is 2.01. The Bertz CT molecular complexity index is 650. The van der Waals surface area contributed by atoms with Crippen LogP contribution in [-0.2, 0) is 11.8 Å². The molecule has 0 bridgehead atoms. The first kappa shape index (κ1) is 14.9. The van der Waals surface area contributed by atoms with Crippen LogP contribution in [0.2, 0.25) is 0 Å². The Balaban J connectivity index is 1.99. The Labute approximate surface area is 123 Å². The lowest BCUT2D eigenvalue weighted by Crippen LogP contribution is -2.21. The van der Waals surface area contributed by atoms with Gasteiger partial charge in [-0.3, -0.25) is 9.48 Å². The van der Waals surface area contributed by atoms with E-state index in [9.17, 15) is 4.79 Å². The second-order valence-corrected chi connectivity index (χ2v) is 4.66. The number of aromatic nitrogens is 2. The molecule has 2 rings (SSSR count). The molecule has 0 saturated carbocycles. The van der Waals surface area contributed by atoms with Crippen molar-refractivity contribution in [3.63, 3.8) is 0 Å². The van der Waals surface area contributed by atoms with Gasteiger partial charge in [-0.2, -0.15) is 5.10 Å². The maximum atomic E-state index is 12.0. The average molecular weight is 289 g/mol. The van der Waals surface area contributed by atoms with Crippen molar-refractivity contribution in [1.82, 2.24) is 9.78 Å². The number of nitrogens with one attached hydrogen (secondary N) is 1. The third-order valence-corrected chi connectivity index (χ3v) is 3.20. The number of benzene rings is 1. The summed E-state index contributed by atoms with van der Waals surface area (Å²) < 4.78 is 12.4. The third-order valence-electron chi connectivity index (χ3n) is 3.20. The van der Waals surface area contributed by atoms with Gasteiger partial charge in [0.25, 0.3) is 5.91 Å². The average Bonchev–Trinajstić information content (AvgIpc) is 2.72. The Hall–Kier alpha value is -2.50. The predicted octanol–water partition coefficient (Wildman–Crippen LogP) is 2.06. The molecule has 0 aliphatic heterocycles. The zero-order valence-electron chi connectivity index (χ0n) is 12.6. The molecule has 1 amide bonds. The van der Waals surface area contributed by atoms with E-state index in [-0.39, 0.29) is 12.5 Å². The van der Waals surface area contributed by atoms with Crippen molar-refractivity contribution in [2.24, 2.45) is 7.05 Å². The minimum absolute atomic E-state index is 0.0891. The summed E-state index contributed by atoms with van der Waals surface area (Å²) in [6.45, 7) is 3.66. The van der Waals surface area contributed by atoms with E-state index >= 15 is 0 Å². The van der Waals surface area contributed by atoms with E-state index in [4.69, 9.17) is 9.47 Å². The van der Waals surface area contributed by atoms with Gasteiger partial charge in [0.15, 0.2) is 18.1 Å². The van der Waals surface area contributed by atoms with E-state index in [0.29, 0.717) is 11.5 Å². The molecule has 0 unspecified atom stereocenters. The topological polar surface area (TPSA) is 65.4 Å². The van der Waals surface area contributed by atoms with E-state index in [1.807, 2.05) is 33.0 Å². The standard InChI is InChI=1S/C15H19N3O3/c1-10-15(11(2)18(3)17-10)16-14(19)9-21-13-8-6-5-7-12(13)20-4/h5-8H,9H2,1-4H3,(H,16,19). The highest BCUT2D eigenvalue weighted by atomic mass is 16.5. The first-order valence-corrected chi connectivity index (χ1v) is 6.58.